The van der Waals surface area contributed by atoms with E-state index in [2.05, 4.69) is 338 Å². The standard InChI is InChI=1S/C39H24N2.C29H25BN2O2.C16H11Br/c1-2-8-28-21-31(18-17-25(28)7-1)26-13-15-27(16-14-26)32-19-20-37-34(23-32)33-22-29-9-3-4-10-30(29)24-35(33)39-40-36-11-5-6-12-38(36)41(37)39;1-28(2)29(3,4)34-30(33-28)20-13-14-25-22(17-20)21-15-18-9-5-6-10-19(18)16-23(21)27-31-24-11-7-8-12-26(24)32(25)27;17-16-9-7-13(8-10-16)15-6-5-12-3-1-2-4-14(12)11-15/h1-24H;5-17H,1-4H3;1-11H. The number of nitrogens with zero attached hydrogens (tertiary/aromatic N) is 4. The Morgan fingerprint density at radius 1 is 0.293 bits per heavy atom. The molecule has 19 rings (SSSR count). The molecule has 14 aromatic carbocycles. The molecule has 0 bridgehead atoms. The first-order chi connectivity index (χ1) is 44.9. The fourth-order valence-corrected chi connectivity index (χ4v) is 13.9. The zero-order valence-corrected chi connectivity index (χ0v) is 52.9. The van der Waals surface area contributed by atoms with Gasteiger partial charge >= 0.3 is 7.12 Å². The van der Waals surface area contributed by atoms with E-state index in [0.717, 1.165) is 54.2 Å². The highest BCUT2D eigenvalue weighted by Crippen LogP contribution is 2.41. The molecule has 1 aliphatic rings. The third kappa shape index (κ3) is 9.56. The van der Waals surface area contributed by atoms with Crippen LogP contribution >= 0.6 is 15.9 Å². The first kappa shape index (κ1) is 55.6. The van der Waals surface area contributed by atoms with Crippen LogP contribution < -0.4 is 5.46 Å². The first-order valence-corrected chi connectivity index (χ1v) is 32.3. The molecule has 0 saturated carbocycles. The van der Waals surface area contributed by atoms with Gasteiger partial charge in [-0.1, -0.05) is 216 Å². The van der Waals surface area contributed by atoms with Crippen molar-refractivity contribution in [1.82, 2.24) is 18.8 Å². The van der Waals surface area contributed by atoms with Crippen LogP contribution in [-0.2, 0) is 9.31 Å². The molecule has 1 fully saturated rings. The lowest BCUT2D eigenvalue weighted by molar-refractivity contribution is 0.00578. The Hall–Kier alpha value is -10.5. The molecule has 0 aliphatic carbocycles. The predicted octanol–water partition coefficient (Wildman–Crippen LogP) is 21.9. The summed E-state index contributed by atoms with van der Waals surface area (Å²) in [6.45, 7) is 8.38. The summed E-state index contributed by atoms with van der Waals surface area (Å²) in [4.78, 5) is 10.2. The summed E-state index contributed by atoms with van der Waals surface area (Å²) in [5.74, 6) is 0. The highest BCUT2D eigenvalue weighted by atomic mass is 79.9. The van der Waals surface area contributed by atoms with Crippen LogP contribution in [0.5, 0.6) is 0 Å². The molecule has 5 heterocycles. The van der Waals surface area contributed by atoms with E-state index in [9.17, 15) is 0 Å². The summed E-state index contributed by atoms with van der Waals surface area (Å²) >= 11 is 3.46. The minimum Gasteiger partial charge on any atom is -0.399 e. The maximum Gasteiger partial charge on any atom is 0.494 e. The van der Waals surface area contributed by atoms with E-state index in [-0.39, 0.29) is 11.2 Å². The second-order valence-electron chi connectivity index (χ2n) is 25.3. The molecule has 438 valence electrons. The average Bonchev–Trinajstić information content (AvgIpc) is 1.46. The Bertz CT molecular complexity index is 5980. The van der Waals surface area contributed by atoms with Crippen LogP contribution in [-0.4, -0.2) is 37.1 Å². The van der Waals surface area contributed by atoms with E-state index in [1.807, 2.05) is 6.07 Å². The van der Waals surface area contributed by atoms with Crippen molar-refractivity contribution in [2.75, 3.05) is 0 Å². The number of para-hydroxylation sites is 4. The maximum atomic E-state index is 6.38. The number of hydrogen-bond acceptors (Lipinski definition) is 4. The van der Waals surface area contributed by atoms with Crippen molar-refractivity contribution in [3.63, 3.8) is 0 Å². The van der Waals surface area contributed by atoms with Gasteiger partial charge in [0.25, 0.3) is 0 Å². The van der Waals surface area contributed by atoms with Crippen molar-refractivity contribution in [3.05, 3.63) is 296 Å². The monoisotopic (exact) mass is 1250 g/mol. The number of aromatic nitrogens is 4. The highest BCUT2D eigenvalue weighted by molar-refractivity contribution is 9.10. The van der Waals surface area contributed by atoms with Crippen LogP contribution in [0.4, 0.5) is 0 Å². The van der Waals surface area contributed by atoms with Crippen LogP contribution in [0.1, 0.15) is 27.7 Å². The van der Waals surface area contributed by atoms with Gasteiger partial charge in [-0.3, -0.25) is 8.80 Å². The van der Waals surface area contributed by atoms with Gasteiger partial charge in [0.1, 0.15) is 11.3 Å². The number of benzene rings is 14. The van der Waals surface area contributed by atoms with Gasteiger partial charge in [-0.25, -0.2) is 9.97 Å². The van der Waals surface area contributed by atoms with Crippen LogP contribution in [0.2, 0.25) is 0 Å². The van der Waals surface area contributed by atoms with Crippen LogP contribution in [0.3, 0.4) is 0 Å². The quantitative estimate of drug-likeness (QED) is 0.100. The lowest BCUT2D eigenvalue weighted by atomic mass is 9.78. The average molecular weight is 1250 g/mol. The smallest absolute Gasteiger partial charge is 0.399 e. The minimum absolute atomic E-state index is 0.380. The molecule has 0 atom stereocenters. The van der Waals surface area contributed by atoms with Crippen molar-refractivity contribution < 1.29 is 9.31 Å². The van der Waals surface area contributed by atoms with Gasteiger partial charge in [0, 0.05) is 26.0 Å². The molecule has 0 amide bonds. The Morgan fingerprint density at radius 3 is 1.09 bits per heavy atom. The van der Waals surface area contributed by atoms with E-state index in [1.165, 1.54) is 109 Å². The maximum absolute atomic E-state index is 6.38. The molecule has 18 aromatic rings. The van der Waals surface area contributed by atoms with Crippen molar-refractivity contribution in [3.8, 4) is 33.4 Å². The third-order valence-corrected chi connectivity index (χ3v) is 19.7. The normalized spacial score (nSPS) is 13.8. The first-order valence-electron chi connectivity index (χ1n) is 31.5. The van der Waals surface area contributed by atoms with Gasteiger partial charge in [0.2, 0.25) is 0 Å². The fraction of sp³-hybridized carbons (Fsp3) is 0.0714. The molecule has 92 heavy (non-hydrogen) atoms. The lowest BCUT2D eigenvalue weighted by Gasteiger charge is -2.32. The summed E-state index contributed by atoms with van der Waals surface area (Å²) in [5, 5.41) is 17.2. The van der Waals surface area contributed by atoms with E-state index >= 15 is 0 Å². The predicted molar refractivity (Wildman–Crippen MR) is 392 cm³/mol. The van der Waals surface area contributed by atoms with E-state index in [4.69, 9.17) is 19.3 Å². The zero-order chi connectivity index (χ0) is 61.8. The van der Waals surface area contributed by atoms with Crippen LogP contribution in [0.15, 0.2) is 296 Å². The molecular formula is C84H60BBrN4O2. The Labute approximate surface area is 540 Å². The molecular weight excluding hydrogens is 1190 g/mol. The number of fused-ring (bicyclic) bond motifs is 20. The van der Waals surface area contributed by atoms with Gasteiger partial charge in [0.05, 0.1) is 44.3 Å². The van der Waals surface area contributed by atoms with Crippen molar-refractivity contribution in [2.24, 2.45) is 0 Å². The van der Waals surface area contributed by atoms with Crippen molar-refractivity contribution >= 4 is 148 Å². The lowest BCUT2D eigenvalue weighted by Crippen LogP contribution is -2.41. The number of halogens is 1. The van der Waals surface area contributed by atoms with Gasteiger partial charge in [-0.05, 0) is 211 Å². The second-order valence-corrected chi connectivity index (χ2v) is 26.2. The molecule has 1 saturated heterocycles. The summed E-state index contributed by atoms with van der Waals surface area (Å²) in [6, 6.07) is 104. The van der Waals surface area contributed by atoms with E-state index in [0.29, 0.717) is 0 Å². The van der Waals surface area contributed by atoms with E-state index in [1.54, 1.807) is 0 Å². The molecule has 0 N–H and O–H groups in total. The number of imidazole rings is 2. The Kier molecular flexibility index (Phi) is 13.2. The largest absolute Gasteiger partial charge is 0.494 e. The fourth-order valence-electron chi connectivity index (χ4n) is 13.6. The van der Waals surface area contributed by atoms with Crippen LogP contribution in [0.25, 0.3) is 153 Å². The summed E-state index contributed by atoms with van der Waals surface area (Å²) in [6.07, 6.45) is 0. The second kappa shape index (κ2) is 21.9. The van der Waals surface area contributed by atoms with Crippen molar-refractivity contribution in [2.45, 2.75) is 38.9 Å². The van der Waals surface area contributed by atoms with E-state index < -0.39 is 7.12 Å². The van der Waals surface area contributed by atoms with Gasteiger partial charge < -0.3 is 9.31 Å². The van der Waals surface area contributed by atoms with Gasteiger partial charge in [0.15, 0.2) is 0 Å². The third-order valence-electron chi connectivity index (χ3n) is 19.2. The molecule has 0 spiro atoms. The molecule has 8 heteroatoms. The number of rotatable bonds is 4. The molecule has 0 unspecified atom stereocenters. The SMILES string of the molecule is Brc1ccc(-c2ccc3ccccc3c2)cc1.CC1(C)OB(c2ccc3c(c2)c2cc4ccccc4cc2c2nc4ccccc4n32)OC1(C)C.c1ccc2cc(-c3ccc(-c4ccc5c(c4)c4cc6ccccc6cc4c4nc6ccccc6n54)cc3)ccc2c1. The summed E-state index contributed by atoms with van der Waals surface area (Å²) in [7, 11) is -0.403. The number of hydrogen-bond donors (Lipinski definition) is 0. The zero-order valence-electron chi connectivity index (χ0n) is 51.3. The molecule has 1 aliphatic heterocycles. The summed E-state index contributed by atoms with van der Waals surface area (Å²) in [5.41, 5.74) is 16.2. The molecule has 4 aromatic heterocycles. The Morgan fingerprint density at radius 2 is 0.630 bits per heavy atom. The molecule has 0 radical (unpaired) electrons. The van der Waals surface area contributed by atoms with Crippen LogP contribution in [0, 0.1) is 0 Å². The Balaban J connectivity index is 0.000000114. The highest BCUT2D eigenvalue weighted by Gasteiger charge is 2.51. The summed E-state index contributed by atoms with van der Waals surface area (Å²) < 4.78 is 18.5. The van der Waals surface area contributed by atoms with Gasteiger partial charge in [-0.15, -0.1) is 0 Å². The van der Waals surface area contributed by atoms with Crippen molar-refractivity contribution in [1.29, 1.82) is 0 Å². The minimum atomic E-state index is -0.403. The molecule has 6 nitrogen and oxygen atoms in total. The van der Waals surface area contributed by atoms with Gasteiger partial charge in [-0.2, -0.15) is 0 Å². The topological polar surface area (TPSA) is 53.1 Å². The number of pyridine rings is 2.